The molecule has 1 fully saturated rings. The zero-order valence-electron chi connectivity index (χ0n) is 9.41. The fraction of sp³-hybridized carbons (Fsp3) is 0.600. The summed E-state index contributed by atoms with van der Waals surface area (Å²) in [6.45, 7) is 2.99. The second-order valence-corrected chi connectivity index (χ2v) is 4.35. The van der Waals surface area contributed by atoms with Gasteiger partial charge in [0.05, 0.1) is 5.56 Å². The predicted molar refractivity (Wildman–Crippen MR) is 61.7 cm³/mol. The predicted octanol–water partition coefficient (Wildman–Crippen LogP) is 1.82. The number of likely N-dealkylation sites (N-methyl/N-ethyl adjacent to an activating group) is 1. The van der Waals surface area contributed by atoms with Crippen LogP contribution < -0.4 is 4.90 Å². The summed E-state index contributed by atoms with van der Waals surface area (Å²) in [7, 11) is 2.00. The Hall–Kier alpha value is -1.01. The average molecular weight is 263 g/mol. The Bertz CT molecular complexity index is 394. The summed E-state index contributed by atoms with van der Waals surface area (Å²) >= 11 is 5.70. The number of halogens is 3. The monoisotopic (exact) mass is 262 g/mol. The van der Waals surface area contributed by atoms with Crippen molar-refractivity contribution in [3.8, 4) is 0 Å². The van der Waals surface area contributed by atoms with E-state index >= 15 is 0 Å². The lowest BCUT2D eigenvalue weighted by atomic mass is 10.2. The van der Waals surface area contributed by atoms with Crippen molar-refractivity contribution >= 4 is 17.4 Å². The highest BCUT2D eigenvalue weighted by atomic mass is 35.5. The van der Waals surface area contributed by atoms with Crippen LogP contribution in [-0.2, 0) is 0 Å². The van der Waals surface area contributed by atoms with Gasteiger partial charge in [-0.1, -0.05) is 11.6 Å². The molecule has 1 aromatic rings. The number of nitrogens with zero attached hydrogens (tertiary/aromatic N) is 4. The number of hydrogen-bond donors (Lipinski definition) is 0. The van der Waals surface area contributed by atoms with Crippen molar-refractivity contribution in [1.29, 1.82) is 0 Å². The molecule has 0 spiro atoms. The van der Waals surface area contributed by atoms with Crippen LogP contribution in [0.25, 0.3) is 0 Å². The van der Waals surface area contributed by atoms with Crippen LogP contribution in [0.2, 0.25) is 5.15 Å². The molecule has 0 radical (unpaired) electrons. The highest BCUT2D eigenvalue weighted by molar-refractivity contribution is 6.30. The van der Waals surface area contributed by atoms with E-state index in [4.69, 9.17) is 11.6 Å². The zero-order chi connectivity index (χ0) is 12.4. The van der Waals surface area contributed by atoms with Crippen molar-refractivity contribution in [2.75, 3.05) is 38.1 Å². The van der Waals surface area contributed by atoms with Crippen LogP contribution in [0.1, 0.15) is 12.0 Å². The minimum absolute atomic E-state index is 0.163. The maximum atomic E-state index is 12.9. The molecule has 1 aromatic heterocycles. The number of anilines is 1. The number of aromatic nitrogens is 2. The molecular formula is C10H13ClF2N4. The summed E-state index contributed by atoms with van der Waals surface area (Å²) in [6, 6.07) is 0. The molecule has 1 aliphatic rings. The van der Waals surface area contributed by atoms with Crippen LogP contribution in [0, 0.1) is 0 Å². The van der Waals surface area contributed by atoms with E-state index in [9.17, 15) is 8.78 Å². The fourth-order valence-corrected chi connectivity index (χ4v) is 2.03. The molecular weight excluding hydrogens is 250 g/mol. The van der Waals surface area contributed by atoms with Crippen LogP contribution in [0.3, 0.4) is 0 Å². The fourth-order valence-electron chi connectivity index (χ4n) is 1.82. The first-order valence-electron chi connectivity index (χ1n) is 5.31. The van der Waals surface area contributed by atoms with Gasteiger partial charge in [-0.15, -0.1) is 0 Å². The summed E-state index contributed by atoms with van der Waals surface area (Å²) in [6.07, 6.45) is -1.43. The quantitative estimate of drug-likeness (QED) is 0.761. The van der Waals surface area contributed by atoms with Gasteiger partial charge in [-0.3, -0.25) is 0 Å². The lowest BCUT2D eigenvalue weighted by Gasteiger charge is -2.34. The minimum Gasteiger partial charge on any atom is -0.354 e. The smallest absolute Gasteiger partial charge is 0.270 e. The number of rotatable bonds is 2. The standard InChI is InChI=1S/C10H13ClF2N4/c1-16-2-4-17(5-3-16)10-7(9(12)13)8(11)14-6-15-10/h6,9H,2-5H2,1H3. The molecule has 0 atom stereocenters. The van der Waals surface area contributed by atoms with E-state index in [1.807, 2.05) is 11.9 Å². The maximum Gasteiger partial charge on any atom is 0.270 e. The van der Waals surface area contributed by atoms with Crippen molar-refractivity contribution in [3.63, 3.8) is 0 Å². The van der Waals surface area contributed by atoms with Gasteiger partial charge in [-0.25, -0.2) is 18.7 Å². The zero-order valence-corrected chi connectivity index (χ0v) is 10.2. The highest BCUT2D eigenvalue weighted by Crippen LogP contribution is 2.32. The van der Waals surface area contributed by atoms with E-state index in [-0.39, 0.29) is 16.5 Å². The van der Waals surface area contributed by atoms with Gasteiger partial charge in [0.2, 0.25) is 0 Å². The van der Waals surface area contributed by atoms with Gasteiger partial charge in [-0.05, 0) is 7.05 Å². The average Bonchev–Trinajstić information content (AvgIpc) is 2.29. The summed E-state index contributed by atoms with van der Waals surface area (Å²) in [5, 5.41) is -0.163. The molecule has 0 N–H and O–H groups in total. The largest absolute Gasteiger partial charge is 0.354 e. The summed E-state index contributed by atoms with van der Waals surface area (Å²) in [5.41, 5.74) is -0.265. The van der Waals surface area contributed by atoms with Crippen LogP contribution in [0.4, 0.5) is 14.6 Å². The number of piperazine rings is 1. The molecule has 94 valence electrons. The van der Waals surface area contributed by atoms with Gasteiger partial charge in [-0.2, -0.15) is 0 Å². The Morgan fingerprint density at radius 1 is 1.24 bits per heavy atom. The minimum atomic E-state index is -2.65. The third-order valence-corrected chi connectivity index (χ3v) is 3.14. The van der Waals surface area contributed by atoms with Crippen LogP contribution in [0.15, 0.2) is 6.33 Å². The lowest BCUT2D eigenvalue weighted by molar-refractivity contribution is 0.150. The first kappa shape index (κ1) is 12.4. The first-order valence-corrected chi connectivity index (χ1v) is 5.69. The van der Waals surface area contributed by atoms with Gasteiger partial charge < -0.3 is 9.80 Å². The SMILES string of the molecule is CN1CCN(c2ncnc(Cl)c2C(F)F)CC1. The Balaban J connectivity index is 2.28. The molecule has 17 heavy (non-hydrogen) atoms. The molecule has 0 saturated carbocycles. The molecule has 0 amide bonds. The van der Waals surface area contributed by atoms with Gasteiger partial charge in [0.15, 0.2) is 0 Å². The molecule has 4 nitrogen and oxygen atoms in total. The Morgan fingerprint density at radius 3 is 2.47 bits per heavy atom. The molecule has 0 unspecified atom stereocenters. The van der Waals surface area contributed by atoms with Crippen molar-refractivity contribution in [2.24, 2.45) is 0 Å². The molecule has 0 aliphatic carbocycles. The van der Waals surface area contributed by atoms with Crippen molar-refractivity contribution < 1.29 is 8.78 Å². The third-order valence-electron chi connectivity index (χ3n) is 2.84. The molecule has 7 heteroatoms. The Labute approximate surface area is 103 Å². The van der Waals surface area contributed by atoms with Crippen molar-refractivity contribution in [2.45, 2.75) is 6.43 Å². The molecule has 1 saturated heterocycles. The van der Waals surface area contributed by atoms with E-state index in [1.54, 1.807) is 0 Å². The number of hydrogen-bond acceptors (Lipinski definition) is 4. The van der Waals surface area contributed by atoms with Gasteiger partial charge in [0.25, 0.3) is 6.43 Å². The summed E-state index contributed by atoms with van der Waals surface area (Å²) in [5.74, 6) is 0.258. The first-order chi connectivity index (χ1) is 8.09. The van der Waals surface area contributed by atoms with Gasteiger partial charge in [0, 0.05) is 26.2 Å². The van der Waals surface area contributed by atoms with E-state index in [0.717, 1.165) is 13.1 Å². The van der Waals surface area contributed by atoms with Crippen LogP contribution in [0.5, 0.6) is 0 Å². The van der Waals surface area contributed by atoms with E-state index in [0.29, 0.717) is 13.1 Å². The summed E-state index contributed by atoms with van der Waals surface area (Å²) in [4.78, 5) is 11.5. The lowest BCUT2D eigenvalue weighted by Crippen LogP contribution is -2.45. The molecule has 2 rings (SSSR count). The summed E-state index contributed by atoms with van der Waals surface area (Å²) < 4.78 is 25.8. The van der Waals surface area contributed by atoms with E-state index in [2.05, 4.69) is 14.9 Å². The topological polar surface area (TPSA) is 32.3 Å². The van der Waals surface area contributed by atoms with Crippen molar-refractivity contribution in [1.82, 2.24) is 14.9 Å². The number of alkyl halides is 2. The Morgan fingerprint density at radius 2 is 1.88 bits per heavy atom. The molecule has 2 heterocycles. The third kappa shape index (κ3) is 2.63. The van der Waals surface area contributed by atoms with Crippen LogP contribution >= 0.6 is 11.6 Å². The normalized spacial score (nSPS) is 17.8. The van der Waals surface area contributed by atoms with E-state index < -0.39 is 6.43 Å². The van der Waals surface area contributed by atoms with Gasteiger partial charge >= 0.3 is 0 Å². The van der Waals surface area contributed by atoms with Crippen molar-refractivity contribution in [3.05, 3.63) is 17.0 Å². The van der Waals surface area contributed by atoms with Crippen LogP contribution in [-0.4, -0.2) is 48.1 Å². The Kier molecular flexibility index (Phi) is 3.73. The molecule has 0 aromatic carbocycles. The maximum absolute atomic E-state index is 12.9. The second-order valence-electron chi connectivity index (χ2n) is 3.99. The molecule has 1 aliphatic heterocycles. The van der Waals surface area contributed by atoms with E-state index in [1.165, 1.54) is 6.33 Å². The van der Waals surface area contributed by atoms with Gasteiger partial charge in [0.1, 0.15) is 17.3 Å². The molecule has 0 bridgehead atoms. The highest BCUT2D eigenvalue weighted by Gasteiger charge is 2.25. The second kappa shape index (κ2) is 5.10.